The molecule has 0 aromatic carbocycles. The monoisotopic (exact) mass is 372 g/mol. The molecule has 18 heavy (non-hydrogen) atoms. The second kappa shape index (κ2) is 4.93. The molecule has 1 amide bonds. The molecule has 1 aromatic heterocycles. The number of hydrogen-bond acceptors (Lipinski definition) is 2. The van der Waals surface area contributed by atoms with Crippen molar-refractivity contribution in [3.63, 3.8) is 0 Å². The zero-order valence-corrected chi connectivity index (χ0v) is 13.0. The summed E-state index contributed by atoms with van der Waals surface area (Å²) in [6.45, 7) is 0. The summed E-state index contributed by atoms with van der Waals surface area (Å²) >= 11 is 7.06. The molecular weight excluding hydrogens is 360 g/mol. The van der Waals surface area contributed by atoms with E-state index in [1.165, 1.54) is 0 Å². The summed E-state index contributed by atoms with van der Waals surface area (Å²) in [5.41, 5.74) is 0.689. The fourth-order valence-electron chi connectivity index (χ4n) is 3.12. The Morgan fingerprint density at radius 1 is 1.28 bits per heavy atom. The highest BCUT2D eigenvalue weighted by Crippen LogP contribution is 2.39. The molecule has 1 aromatic rings. The summed E-state index contributed by atoms with van der Waals surface area (Å²) in [7, 11) is 0. The number of carbonyl (C=O) groups is 1. The standard InChI is InChI=1S/C13H14Br2N2O/c14-9-4-11-1-2-12(5-9)17(11)13(18)8-3-10(15)7-16-6-8/h3,6-7,9,11-12H,1-2,4-5H2. The van der Waals surface area contributed by atoms with Crippen LogP contribution in [-0.2, 0) is 0 Å². The van der Waals surface area contributed by atoms with Crippen LogP contribution in [0.2, 0.25) is 0 Å². The third-order valence-corrected chi connectivity index (χ3v) is 5.04. The molecule has 5 heteroatoms. The number of carbonyl (C=O) groups excluding carboxylic acids is 1. The Kier molecular flexibility index (Phi) is 3.45. The van der Waals surface area contributed by atoms with E-state index >= 15 is 0 Å². The van der Waals surface area contributed by atoms with Gasteiger partial charge < -0.3 is 4.90 Å². The van der Waals surface area contributed by atoms with Crippen LogP contribution in [0, 0.1) is 0 Å². The minimum Gasteiger partial charge on any atom is -0.333 e. The van der Waals surface area contributed by atoms with Gasteiger partial charge >= 0.3 is 0 Å². The first-order chi connectivity index (χ1) is 8.65. The Bertz CT molecular complexity index is 466. The molecule has 3 rings (SSSR count). The Balaban J connectivity index is 1.85. The summed E-state index contributed by atoms with van der Waals surface area (Å²) in [6, 6.07) is 2.66. The lowest BCUT2D eigenvalue weighted by molar-refractivity contribution is 0.0603. The van der Waals surface area contributed by atoms with Crippen molar-refractivity contribution in [1.82, 2.24) is 9.88 Å². The number of nitrogens with zero attached hydrogens (tertiary/aromatic N) is 2. The third-order valence-electron chi connectivity index (χ3n) is 3.86. The van der Waals surface area contributed by atoms with E-state index in [1.807, 2.05) is 6.07 Å². The van der Waals surface area contributed by atoms with Crippen LogP contribution < -0.4 is 0 Å². The number of piperidine rings is 1. The maximum absolute atomic E-state index is 12.6. The van der Waals surface area contributed by atoms with E-state index in [4.69, 9.17) is 0 Å². The Hall–Kier alpha value is -0.420. The van der Waals surface area contributed by atoms with Gasteiger partial charge in [-0.2, -0.15) is 0 Å². The predicted octanol–water partition coefficient (Wildman–Crippen LogP) is 3.37. The molecular formula is C13H14Br2N2O. The summed E-state index contributed by atoms with van der Waals surface area (Å²) < 4.78 is 0.857. The molecule has 96 valence electrons. The zero-order chi connectivity index (χ0) is 12.7. The fraction of sp³-hybridized carbons (Fsp3) is 0.538. The molecule has 2 aliphatic rings. The van der Waals surface area contributed by atoms with Crippen molar-refractivity contribution < 1.29 is 4.79 Å². The van der Waals surface area contributed by atoms with Crippen LogP contribution in [0.3, 0.4) is 0 Å². The number of amides is 1. The van der Waals surface area contributed by atoms with E-state index in [0.717, 1.165) is 30.2 Å². The first-order valence-electron chi connectivity index (χ1n) is 6.22. The van der Waals surface area contributed by atoms with Gasteiger partial charge in [-0.25, -0.2) is 0 Å². The maximum atomic E-state index is 12.6. The number of halogens is 2. The first kappa shape index (κ1) is 12.6. The highest BCUT2D eigenvalue weighted by Gasteiger charge is 2.42. The summed E-state index contributed by atoms with van der Waals surface area (Å²) in [5.74, 6) is 0.135. The highest BCUT2D eigenvalue weighted by molar-refractivity contribution is 9.10. The zero-order valence-electron chi connectivity index (χ0n) is 9.85. The smallest absolute Gasteiger partial charge is 0.255 e. The van der Waals surface area contributed by atoms with Crippen molar-refractivity contribution in [3.8, 4) is 0 Å². The lowest BCUT2D eigenvalue weighted by Gasteiger charge is -2.37. The number of hydrogen-bond donors (Lipinski definition) is 0. The SMILES string of the molecule is O=C(c1cncc(Br)c1)N1C2CCC1CC(Br)C2. The molecule has 2 fully saturated rings. The van der Waals surface area contributed by atoms with Gasteiger partial charge in [0.15, 0.2) is 0 Å². The van der Waals surface area contributed by atoms with E-state index in [2.05, 4.69) is 41.7 Å². The van der Waals surface area contributed by atoms with Gasteiger partial charge in [-0.1, -0.05) is 15.9 Å². The van der Waals surface area contributed by atoms with Crippen LogP contribution in [0.25, 0.3) is 0 Å². The van der Waals surface area contributed by atoms with Crippen LogP contribution >= 0.6 is 31.9 Å². The molecule has 2 bridgehead atoms. The number of aromatic nitrogens is 1. The van der Waals surface area contributed by atoms with Crippen molar-refractivity contribution in [2.24, 2.45) is 0 Å². The van der Waals surface area contributed by atoms with Crippen molar-refractivity contribution in [2.45, 2.75) is 42.6 Å². The average Bonchev–Trinajstić information content (AvgIpc) is 2.61. The van der Waals surface area contributed by atoms with E-state index < -0.39 is 0 Å². The normalized spacial score (nSPS) is 30.6. The molecule has 2 aliphatic heterocycles. The van der Waals surface area contributed by atoms with E-state index in [0.29, 0.717) is 22.5 Å². The molecule has 0 radical (unpaired) electrons. The van der Waals surface area contributed by atoms with Gasteiger partial charge in [0, 0.05) is 33.8 Å². The number of rotatable bonds is 1. The van der Waals surface area contributed by atoms with E-state index in [-0.39, 0.29) is 5.91 Å². The highest BCUT2D eigenvalue weighted by atomic mass is 79.9. The lowest BCUT2D eigenvalue weighted by Crippen LogP contribution is -2.46. The maximum Gasteiger partial charge on any atom is 0.255 e. The molecule has 0 N–H and O–H groups in total. The third kappa shape index (κ3) is 2.23. The molecule has 3 nitrogen and oxygen atoms in total. The molecule has 0 saturated carbocycles. The number of fused-ring (bicyclic) bond motifs is 2. The van der Waals surface area contributed by atoms with Gasteiger partial charge in [0.25, 0.3) is 5.91 Å². The molecule has 2 unspecified atom stereocenters. The van der Waals surface area contributed by atoms with Gasteiger partial charge in [-0.3, -0.25) is 9.78 Å². The molecule has 2 saturated heterocycles. The van der Waals surface area contributed by atoms with Gasteiger partial charge in [0.2, 0.25) is 0 Å². The fourth-order valence-corrected chi connectivity index (χ4v) is 4.35. The van der Waals surface area contributed by atoms with E-state index in [1.54, 1.807) is 12.4 Å². The van der Waals surface area contributed by atoms with Crippen molar-refractivity contribution >= 4 is 37.8 Å². The second-order valence-corrected chi connectivity index (χ2v) is 7.27. The summed E-state index contributed by atoms with van der Waals surface area (Å²) in [4.78, 5) is 19.3. The summed E-state index contributed by atoms with van der Waals surface area (Å²) in [6.07, 6.45) is 7.79. The first-order valence-corrected chi connectivity index (χ1v) is 7.93. The Morgan fingerprint density at radius 2 is 1.94 bits per heavy atom. The minimum atomic E-state index is 0.135. The predicted molar refractivity (Wildman–Crippen MR) is 76.9 cm³/mol. The van der Waals surface area contributed by atoms with Crippen LogP contribution in [0.5, 0.6) is 0 Å². The molecule has 2 atom stereocenters. The van der Waals surface area contributed by atoms with Gasteiger partial charge in [-0.15, -0.1) is 0 Å². The van der Waals surface area contributed by atoms with Gasteiger partial charge in [0.1, 0.15) is 0 Å². The van der Waals surface area contributed by atoms with Crippen LogP contribution in [0.1, 0.15) is 36.0 Å². The largest absolute Gasteiger partial charge is 0.333 e. The quantitative estimate of drug-likeness (QED) is 0.707. The summed E-state index contributed by atoms with van der Waals surface area (Å²) in [5, 5.41) is 0. The average molecular weight is 374 g/mol. The lowest BCUT2D eigenvalue weighted by atomic mass is 10.0. The van der Waals surface area contributed by atoms with E-state index in [9.17, 15) is 4.79 Å². The van der Waals surface area contributed by atoms with Gasteiger partial charge in [-0.05, 0) is 47.7 Å². The van der Waals surface area contributed by atoms with Crippen LogP contribution in [0.4, 0.5) is 0 Å². The molecule has 3 heterocycles. The second-order valence-electron chi connectivity index (χ2n) is 5.06. The van der Waals surface area contributed by atoms with Crippen LogP contribution in [-0.4, -0.2) is 32.7 Å². The number of alkyl halides is 1. The molecule has 0 spiro atoms. The van der Waals surface area contributed by atoms with Crippen molar-refractivity contribution in [2.75, 3.05) is 0 Å². The van der Waals surface area contributed by atoms with Crippen LogP contribution in [0.15, 0.2) is 22.9 Å². The minimum absolute atomic E-state index is 0.135. The molecule has 0 aliphatic carbocycles. The Morgan fingerprint density at radius 3 is 2.56 bits per heavy atom. The Labute approximate surface area is 123 Å². The number of pyridine rings is 1. The van der Waals surface area contributed by atoms with Crippen molar-refractivity contribution in [3.05, 3.63) is 28.5 Å². The topological polar surface area (TPSA) is 33.2 Å². The van der Waals surface area contributed by atoms with Gasteiger partial charge in [0.05, 0.1) is 5.56 Å². The van der Waals surface area contributed by atoms with Crippen molar-refractivity contribution in [1.29, 1.82) is 0 Å².